The minimum atomic E-state index is -1.21. The van der Waals surface area contributed by atoms with Crippen molar-refractivity contribution in [1.82, 2.24) is 10.6 Å². The summed E-state index contributed by atoms with van der Waals surface area (Å²) < 4.78 is 0. The molecule has 0 aromatic rings. The Labute approximate surface area is 99.8 Å². The van der Waals surface area contributed by atoms with Crippen molar-refractivity contribution in [2.24, 2.45) is 5.41 Å². The lowest BCUT2D eigenvalue weighted by Gasteiger charge is -2.17. The van der Waals surface area contributed by atoms with Gasteiger partial charge in [-0.05, 0) is 13.8 Å². The van der Waals surface area contributed by atoms with E-state index in [1.165, 1.54) is 13.8 Å². The number of imide groups is 1. The zero-order valence-corrected chi connectivity index (χ0v) is 9.87. The van der Waals surface area contributed by atoms with Gasteiger partial charge in [0.25, 0.3) is 0 Å². The Morgan fingerprint density at radius 3 is 2.41 bits per heavy atom. The first-order valence-electron chi connectivity index (χ1n) is 5.04. The number of hydrogen-bond acceptors (Lipinski definition) is 3. The van der Waals surface area contributed by atoms with E-state index in [4.69, 9.17) is 11.5 Å². The normalized spacial score (nSPS) is 10.2. The Bertz CT molecular complexity index is 355. The number of hydrogen-bond donors (Lipinski definition) is 3. The fourth-order valence-electron chi connectivity index (χ4n) is 0.940. The largest absolute Gasteiger partial charge is 0.481 e. The molecule has 3 N–H and O–H groups in total. The van der Waals surface area contributed by atoms with Crippen LogP contribution in [0.5, 0.6) is 0 Å². The average Bonchev–Trinajstić information content (AvgIpc) is 2.16. The summed E-state index contributed by atoms with van der Waals surface area (Å²) in [4.78, 5) is 33.2. The lowest BCUT2D eigenvalue weighted by Crippen LogP contribution is -2.42. The first-order valence-corrected chi connectivity index (χ1v) is 5.04. The zero-order valence-electron chi connectivity index (χ0n) is 9.87. The van der Waals surface area contributed by atoms with Gasteiger partial charge in [-0.3, -0.25) is 14.9 Å². The number of nitrogens with one attached hydrogen (secondary N) is 2. The highest BCUT2D eigenvalue weighted by molar-refractivity contribution is 5.96. The van der Waals surface area contributed by atoms with Crippen LogP contribution in [0.1, 0.15) is 26.7 Å². The second kappa shape index (κ2) is 6.53. The van der Waals surface area contributed by atoms with Crippen LogP contribution < -0.4 is 10.6 Å². The van der Waals surface area contributed by atoms with Crippen molar-refractivity contribution in [1.29, 1.82) is 0 Å². The van der Waals surface area contributed by atoms with Crippen molar-refractivity contribution in [2.75, 3.05) is 6.54 Å². The Morgan fingerprint density at radius 1 is 1.35 bits per heavy atom. The van der Waals surface area contributed by atoms with E-state index in [1.54, 1.807) is 0 Å². The summed E-state index contributed by atoms with van der Waals surface area (Å²) in [5.41, 5.74) is -1.21. The van der Waals surface area contributed by atoms with Crippen LogP contribution in [0.3, 0.4) is 0 Å². The van der Waals surface area contributed by atoms with Crippen LogP contribution in [0.4, 0.5) is 4.79 Å². The minimum Gasteiger partial charge on any atom is -0.481 e. The highest BCUT2D eigenvalue weighted by Gasteiger charge is 2.30. The first kappa shape index (κ1) is 15.0. The van der Waals surface area contributed by atoms with Gasteiger partial charge in [0.05, 0.1) is 5.41 Å². The number of rotatable bonds is 5. The van der Waals surface area contributed by atoms with Gasteiger partial charge in [0, 0.05) is 19.4 Å². The molecule has 0 heterocycles. The van der Waals surface area contributed by atoms with Crippen molar-refractivity contribution in [3.8, 4) is 12.3 Å². The smallest absolute Gasteiger partial charge is 0.321 e. The van der Waals surface area contributed by atoms with Gasteiger partial charge in [0.15, 0.2) is 0 Å². The molecule has 0 aliphatic carbocycles. The van der Waals surface area contributed by atoms with Gasteiger partial charge in [-0.2, -0.15) is 0 Å². The quantitative estimate of drug-likeness (QED) is 0.477. The Balaban J connectivity index is 4.07. The zero-order chi connectivity index (χ0) is 13.5. The average molecular weight is 240 g/mol. The molecule has 0 saturated carbocycles. The number of carboxylic acid groups (broad SMARTS) is 1. The topological polar surface area (TPSA) is 95.5 Å². The molecule has 17 heavy (non-hydrogen) atoms. The van der Waals surface area contributed by atoms with Crippen LogP contribution in [-0.2, 0) is 9.59 Å². The molecule has 0 bridgehead atoms. The van der Waals surface area contributed by atoms with Crippen LogP contribution >= 0.6 is 0 Å². The third kappa shape index (κ3) is 6.20. The highest BCUT2D eigenvalue weighted by atomic mass is 16.4. The van der Waals surface area contributed by atoms with E-state index in [2.05, 4.69) is 11.2 Å². The molecule has 94 valence electrons. The maximum atomic E-state index is 11.3. The molecule has 3 amide bonds. The van der Waals surface area contributed by atoms with Gasteiger partial charge in [-0.25, -0.2) is 4.79 Å². The van der Waals surface area contributed by atoms with Crippen molar-refractivity contribution in [3.05, 3.63) is 0 Å². The molecule has 0 atom stereocenters. The van der Waals surface area contributed by atoms with E-state index in [-0.39, 0.29) is 13.0 Å². The fraction of sp³-hybridized carbons (Fsp3) is 0.545. The maximum Gasteiger partial charge on any atom is 0.321 e. The van der Waals surface area contributed by atoms with E-state index in [0.717, 1.165) is 0 Å². The van der Waals surface area contributed by atoms with Gasteiger partial charge in [-0.1, -0.05) is 0 Å². The molecule has 6 heteroatoms. The molecular weight excluding hydrogens is 224 g/mol. The van der Waals surface area contributed by atoms with Gasteiger partial charge >= 0.3 is 12.0 Å². The third-order valence-electron chi connectivity index (χ3n) is 1.99. The number of urea groups is 1. The molecule has 0 spiro atoms. The van der Waals surface area contributed by atoms with E-state index >= 15 is 0 Å². The molecule has 0 rings (SSSR count). The summed E-state index contributed by atoms with van der Waals surface area (Å²) in [6, 6.07) is -0.675. The summed E-state index contributed by atoms with van der Waals surface area (Å²) in [6.07, 6.45) is 5.07. The maximum absolute atomic E-state index is 11.3. The second-order valence-corrected chi connectivity index (χ2v) is 4.12. The number of amides is 3. The number of carbonyl (C=O) groups excluding carboxylic acids is 2. The molecule has 0 radical (unpaired) electrons. The summed E-state index contributed by atoms with van der Waals surface area (Å²) in [6.45, 7) is 3.08. The molecule has 0 aliphatic heterocycles. The van der Waals surface area contributed by atoms with Crippen molar-refractivity contribution < 1.29 is 19.5 Å². The predicted molar refractivity (Wildman–Crippen MR) is 61.0 cm³/mol. The van der Waals surface area contributed by atoms with Crippen LogP contribution in [-0.4, -0.2) is 29.6 Å². The number of aliphatic carboxylic acids is 1. The van der Waals surface area contributed by atoms with Gasteiger partial charge in [0.1, 0.15) is 0 Å². The van der Waals surface area contributed by atoms with Crippen LogP contribution in [0, 0.1) is 17.8 Å². The minimum absolute atomic E-state index is 0.262. The molecule has 0 aromatic carbocycles. The second-order valence-electron chi connectivity index (χ2n) is 4.12. The number of terminal acetylenes is 1. The van der Waals surface area contributed by atoms with Crippen LogP contribution in [0.15, 0.2) is 0 Å². The summed E-state index contributed by atoms with van der Waals surface area (Å²) in [5, 5.41) is 13.2. The number of carboxylic acids is 1. The highest BCUT2D eigenvalue weighted by Crippen LogP contribution is 2.19. The van der Waals surface area contributed by atoms with Gasteiger partial charge < -0.3 is 10.4 Å². The van der Waals surface area contributed by atoms with Gasteiger partial charge in [-0.15, -0.1) is 12.3 Å². The Morgan fingerprint density at radius 2 is 1.94 bits per heavy atom. The monoisotopic (exact) mass is 240 g/mol. The lowest BCUT2D eigenvalue weighted by molar-refractivity contribution is -0.149. The van der Waals surface area contributed by atoms with E-state index in [1.807, 2.05) is 5.32 Å². The summed E-state index contributed by atoms with van der Waals surface area (Å²) >= 11 is 0. The molecular formula is C11H16N2O4. The standard InChI is InChI=1S/C11H16N2O4/c1-4-5-6-12-10(17)13-8(14)7-11(2,3)9(15)16/h1H,5-7H2,2-3H3,(H,15,16)(H2,12,13,14,17). The summed E-state index contributed by atoms with van der Waals surface area (Å²) in [7, 11) is 0. The van der Waals surface area contributed by atoms with Crippen molar-refractivity contribution >= 4 is 17.9 Å². The predicted octanol–water partition coefficient (Wildman–Crippen LogP) is 0.336. The van der Waals surface area contributed by atoms with E-state index in [0.29, 0.717) is 6.42 Å². The molecule has 0 fully saturated rings. The van der Waals surface area contributed by atoms with E-state index in [9.17, 15) is 14.4 Å². The van der Waals surface area contributed by atoms with Crippen molar-refractivity contribution in [3.63, 3.8) is 0 Å². The first-order chi connectivity index (χ1) is 7.79. The van der Waals surface area contributed by atoms with E-state index < -0.39 is 23.3 Å². The molecule has 0 aromatic heterocycles. The fourth-order valence-corrected chi connectivity index (χ4v) is 0.940. The van der Waals surface area contributed by atoms with Crippen LogP contribution in [0.2, 0.25) is 0 Å². The third-order valence-corrected chi connectivity index (χ3v) is 1.99. The van der Waals surface area contributed by atoms with Crippen molar-refractivity contribution in [2.45, 2.75) is 26.7 Å². The molecule has 0 saturated heterocycles. The Kier molecular flexibility index (Phi) is 5.75. The SMILES string of the molecule is C#CCCNC(=O)NC(=O)CC(C)(C)C(=O)O. The lowest BCUT2D eigenvalue weighted by atomic mass is 9.89. The molecule has 6 nitrogen and oxygen atoms in total. The van der Waals surface area contributed by atoms with Crippen LogP contribution in [0.25, 0.3) is 0 Å². The molecule has 0 aliphatic rings. The summed E-state index contributed by atoms with van der Waals surface area (Å²) in [5.74, 6) is 0.585. The molecule has 0 unspecified atom stereocenters. The Hall–Kier alpha value is -2.03. The number of carbonyl (C=O) groups is 3. The van der Waals surface area contributed by atoms with Gasteiger partial charge in [0.2, 0.25) is 5.91 Å².